The van der Waals surface area contributed by atoms with Crippen molar-refractivity contribution in [2.45, 2.75) is 110 Å². The third-order valence-electron chi connectivity index (χ3n) is 19.2. The molecule has 0 aliphatic carbocycles. The molecule has 1 spiro atoms. The molecule has 5 aromatic carbocycles. The lowest BCUT2D eigenvalue weighted by molar-refractivity contribution is -0.124. The number of benzene rings is 5. The van der Waals surface area contributed by atoms with E-state index in [1.807, 2.05) is 6.92 Å². The summed E-state index contributed by atoms with van der Waals surface area (Å²) in [6.07, 6.45) is 3.65. The SMILES string of the molecule is C=C(CC)C(=O)c1ccc(OCC(=O)NCCCCC(CO)COP(=O)(O)OCCCOP(=O)(O)OCC(COP(=O)(O)OCCOCC)NC(=O)CCNC(=O)COc2ccc(C(=O)C(=C)CC)c(Cl)c2Cl)c(Cl)c1Cl.CCOCCOCCOCCOCCOP(=O)(O)OCOP(=O)(O)OCCCCCCNC(=O)c1ccc2c(c1)C1(OC2=O)c2ccc(O)cc2Oc2cc(O)ccc21. The molecule has 0 fully saturated rings. The van der Waals surface area contributed by atoms with E-state index >= 15 is 0 Å². The van der Waals surface area contributed by atoms with E-state index in [0.717, 1.165) is 0 Å². The van der Waals surface area contributed by atoms with Crippen molar-refractivity contribution in [3.05, 3.63) is 162 Å². The highest BCUT2D eigenvalue weighted by Crippen LogP contribution is 2.58. The molecule has 7 rings (SSSR count). The molecule has 4 amide bonds. The number of amides is 4. The first-order valence-electron chi connectivity index (χ1n) is 42.7. The van der Waals surface area contributed by atoms with Crippen molar-refractivity contribution in [2.75, 3.05) is 165 Å². The van der Waals surface area contributed by atoms with Gasteiger partial charge in [0, 0.05) is 97.3 Å². The van der Waals surface area contributed by atoms with Crippen molar-refractivity contribution in [1.29, 1.82) is 0 Å². The number of carbonyl (C=O) groups excluding carboxylic acids is 7. The molecule has 0 radical (unpaired) electrons. The topological polar surface area (TPSA) is 590 Å². The summed E-state index contributed by atoms with van der Waals surface area (Å²) in [5.74, 6) is -3.90. The summed E-state index contributed by atoms with van der Waals surface area (Å²) in [6.45, 7) is 11.7. The number of nitrogens with one attached hydrogen (secondary N) is 4. The number of ether oxygens (including phenoxy) is 9. The van der Waals surface area contributed by atoms with E-state index in [9.17, 15) is 96.2 Å². The normalized spacial score (nSPS) is 15.0. The Bertz CT molecular complexity index is 5010. The van der Waals surface area contributed by atoms with Crippen molar-refractivity contribution < 1.29 is 184 Å². The zero-order valence-corrected chi connectivity index (χ0v) is 82.5. The molecule has 43 nitrogen and oxygen atoms in total. The summed E-state index contributed by atoms with van der Waals surface area (Å²) in [5.41, 5.74) is 1.21. The van der Waals surface area contributed by atoms with E-state index in [-0.39, 0.29) is 161 Å². The number of esters is 1. The number of phosphoric acid groups is 5. The number of unbranched alkanes of at least 4 members (excludes halogenated alkanes) is 4. The van der Waals surface area contributed by atoms with Crippen LogP contribution in [0.5, 0.6) is 34.5 Å². The largest absolute Gasteiger partial charge is 0.508 e. The van der Waals surface area contributed by atoms with E-state index in [2.05, 4.69) is 43.5 Å². The van der Waals surface area contributed by atoms with Gasteiger partial charge >= 0.3 is 45.1 Å². The summed E-state index contributed by atoms with van der Waals surface area (Å²) in [6, 6.07) is 17.6. The molecule has 2 heterocycles. The average molecular weight is 2100 g/mol. The highest BCUT2D eigenvalue weighted by Gasteiger charge is 2.54. The molecule has 0 aromatic heterocycles. The van der Waals surface area contributed by atoms with E-state index < -0.39 is 145 Å². The molecule has 12 N–H and O–H groups in total. The number of aromatic hydroxyl groups is 2. The van der Waals surface area contributed by atoms with Gasteiger partial charge in [-0.3, -0.25) is 74.0 Å². The predicted octanol–water partition coefficient (Wildman–Crippen LogP) is 13.0. The molecule has 52 heteroatoms. The summed E-state index contributed by atoms with van der Waals surface area (Å²) in [7, 11) is -23.5. The predicted molar refractivity (Wildman–Crippen MR) is 491 cm³/mol. The number of phenolic OH excluding ortho intramolecular Hbond substituents is 2. The third kappa shape index (κ3) is 40.8. The molecule has 0 saturated carbocycles. The Morgan fingerprint density at radius 1 is 0.449 bits per heavy atom. The smallest absolute Gasteiger partial charge is 0.474 e. The number of hydrogen-bond donors (Lipinski definition) is 12. The Balaban J connectivity index is 0.000000431. The van der Waals surface area contributed by atoms with Gasteiger partial charge in [0.1, 0.15) is 44.5 Å². The minimum atomic E-state index is -4.92. The van der Waals surface area contributed by atoms with E-state index in [4.69, 9.17) is 125 Å². The quantitative estimate of drug-likeness (QED) is 0.00429. The maximum absolute atomic E-state index is 13.2. The Kier molecular flexibility index (Phi) is 51.9. The maximum atomic E-state index is 13.2. The van der Waals surface area contributed by atoms with E-state index in [1.165, 1.54) is 60.7 Å². The Morgan fingerprint density at radius 3 is 1.36 bits per heavy atom. The summed E-state index contributed by atoms with van der Waals surface area (Å²) >= 11 is 25.0. The van der Waals surface area contributed by atoms with Crippen molar-refractivity contribution in [1.82, 2.24) is 21.3 Å². The number of fused-ring (bicyclic) bond motifs is 6. The van der Waals surface area contributed by atoms with Crippen molar-refractivity contribution >= 4 is 127 Å². The van der Waals surface area contributed by atoms with Gasteiger partial charge in [0.15, 0.2) is 37.2 Å². The summed E-state index contributed by atoms with van der Waals surface area (Å²) in [5, 5.41) is 40.2. The van der Waals surface area contributed by atoms with Crippen LogP contribution in [0.3, 0.4) is 0 Å². The first kappa shape index (κ1) is 117. The monoisotopic (exact) mass is 2100 g/mol. The van der Waals surface area contributed by atoms with Gasteiger partial charge in [0.25, 0.3) is 17.7 Å². The van der Waals surface area contributed by atoms with Gasteiger partial charge in [-0.05, 0) is 137 Å². The van der Waals surface area contributed by atoms with Crippen LogP contribution in [0.15, 0.2) is 103 Å². The van der Waals surface area contributed by atoms with Crippen LogP contribution in [0.1, 0.15) is 156 Å². The highest BCUT2D eigenvalue weighted by atomic mass is 35.5. The number of aliphatic hydroxyl groups is 1. The maximum Gasteiger partial charge on any atom is 0.474 e. The third-order valence-corrected chi connectivity index (χ3v) is 25.7. The van der Waals surface area contributed by atoms with Gasteiger partial charge < -0.3 is 104 Å². The minimum Gasteiger partial charge on any atom is -0.508 e. The number of phosphoric ester groups is 5. The molecule has 7 unspecified atom stereocenters. The number of Topliss-reactive ketones (excluding diaryl/α,β-unsaturated/α-hetero) is 2. The Morgan fingerprint density at radius 2 is 0.875 bits per heavy atom. The molecule has 2 aliphatic rings. The lowest BCUT2D eigenvalue weighted by Gasteiger charge is -2.36. The first-order valence-corrected chi connectivity index (χ1v) is 51.7. The molecule has 7 atom stereocenters. The van der Waals surface area contributed by atoms with Gasteiger partial charge in [0.2, 0.25) is 5.91 Å². The number of halogens is 4. The fourth-order valence-corrected chi connectivity index (χ4v) is 16.7. The van der Waals surface area contributed by atoms with Crippen LogP contribution in [0.2, 0.25) is 20.1 Å². The van der Waals surface area contributed by atoms with Crippen LogP contribution in [0.25, 0.3) is 0 Å². The van der Waals surface area contributed by atoms with Gasteiger partial charge in [-0.1, -0.05) is 92.7 Å². The number of rotatable bonds is 69. The van der Waals surface area contributed by atoms with Crippen LogP contribution >= 0.6 is 85.5 Å². The zero-order valence-electron chi connectivity index (χ0n) is 75.0. The number of hydrogen-bond acceptors (Lipinski definition) is 34. The second-order valence-corrected chi connectivity index (χ2v) is 38.0. The van der Waals surface area contributed by atoms with Crippen molar-refractivity contribution in [2.24, 2.45) is 5.92 Å². The lowest BCUT2D eigenvalue weighted by Crippen LogP contribution is -2.42. The summed E-state index contributed by atoms with van der Waals surface area (Å²) < 4.78 is 159. The Hall–Kier alpha value is -7.26. The number of allylic oxidation sites excluding steroid dienone is 2. The zero-order chi connectivity index (χ0) is 100. The molecule has 0 saturated heterocycles. The highest BCUT2D eigenvalue weighted by molar-refractivity contribution is 7.48. The average Bonchev–Trinajstić information content (AvgIpc) is 1.52. The van der Waals surface area contributed by atoms with Crippen LogP contribution in [0, 0.1) is 5.92 Å². The molecule has 2 aliphatic heterocycles. The molecule has 758 valence electrons. The fraction of sp³-hybridized carbons (Fsp3) is 0.512. The molecule has 136 heavy (non-hydrogen) atoms. The van der Waals surface area contributed by atoms with Gasteiger partial charge in [0.05, 0.1) is 127 Å². The van der Waals surface area contributed by atoms with E-state index in [0.29, 0.717) is 132 Å². The molecular weight excluding hydrogens is 1990 g/mol. The first-order chi connectivity index (χ1) is 64.6. The van der Waals surface area contributed by atoms with Gasteiger partial charge in [-0.25, -0.2) is 27.6 Å². The van der Waals surface area contributed by atoms with E-state index in [1.54, 1.807) is 39.0 Å². The van der Waals surface area contributed by atoms with Gasteiger partial charge in [-0.15, -0.1) is 0 Å². The van der Waals surface area contributed by atoms with Crippen LogP contribution in [-0.2, 0) is 116 Å². The molecule has 0 bridgehead atoms. The summed E-state index contributed by atoms with van der Waals surface area (Å²) in [4.78, 5) is 139. The number of carbonyl (C=O) groups is 7. The van der Waals surface area contributed by atoms with Gasteiger partial charge in [-0.2, -0.15) is 0 Å². The fourth-order valence-electron chi connectivity index (χ4n) is 12.1. The molecular formula is C84H115Cl4N4O39P5. The number of phenols is 2. The Labute approximate surface area is 805 Å². The standard InChI is InChI=1S/C46H66Cl4N3O21P3.C38H49NO18P2/c1-6-30(4)45(58)34-13-15-36(43(49)41(34)47)67-28-39(56)51-18-10-9-12-32(24-54)25-72-75(60,61)69-20-11-21-70-76(62,63)73-26-33(27-74-77(64,65)71-23-22-66-8-3)53-38(55)17-19-52-40(57)29-68-37-16-14-35(42(48)44(37)50)46(59)31(5)7-2;1-2-48-15-16-49-17-18-50-19-20-51-21-22-53-59(46,47)55-26-54-58(44,45)52-14-6-4-3-5-13-39-36(42)27-7-10-30-33(23-27)38(57-37(30)43)31-11-8-28(40)24-34(31)56-35-25-29(41)9-12-32(35)38/h13-16,32-33,54H,4-12,17-29H2,1-3H3,(H,51,56)(H,52,57)(H,53,55)(H,60,61)(H,62,63)(H,64,65);7-12,23-25,40-41H,2-6,13-22,26H2,1H3,(H,39,42)(H,44,45)(H,46,47). The second kappa shape index (κ2) is 60.1. The number of aliphatic hydroxyl groups excluding tert-OH is 1. The van der Waals surface area contributed by atoms with Crippen LogP contribution < -0.4 is 35.5 Å². The van der Waals surface area contributed by atoms with Crippen LogP contribution in [0.4, 0.5) is 0 Å². The number of ketones is 2. The second-order valence-electron chi connectivity index (χ2n) is 29.2. The molecule has 5 aromatic rings. The lowest BCUT2D eigenvalue weighted by atomic mass is 9.77. The van der Waals surface area contributed by atoms with Crippen LogP contribution in [-0.4, -0.2) is 252 Å². The minimum absolute atomic E-state index is 0.00368. The van der Waals surface area contributed by atoms with Crippen molar-refractivity contribution in [3.8, 4) is 34.5 Å². The van der Waals surface area contributed by atoms with Crippen molar-refractivity contribution in [3.63, 3.8) is 0 Å².